The number of aromatic nitrogens is 2. The summed E-state index contributed by atoms with van der Waals surface area (Å²) in [4.78, 5) is 30.2. The first-order chi connectivity index (χ1) is 17.3. The molecule has 1 saturated heterocycles. The average Bonchev–Trinajstić information content (AvgIpc) is 3.51. The molecule has 194 valence electrons. The summed E-state index contributed by atoms with van der Waals surface area (Å²) >= 11 is 0. The Labute approximate surface area is 209 Å². The SMILES string of the molecule is CCn1nccc1C(=O)N[C@@H](C1CCC(F)(F)CC1)C1CN2N=C(CC3CCCNC3=O)C=CC2=N1. The minimum absolute atomic E-state index is 0.0688. The molecule has 1 aromatic rings. The van der Waals surface area contributed by atoms with Gasteiger partial charge in [0.05, 0.1) is 24.3 Å². The van der Waals surface area contributed by atoms with Gasteiger partial charge in [0, 0.05) is 44.5 Å². The van der Waals surface area contributed by atoms with E-state index >= 15 is 0 Å². The standard InChI is InChI=1S/C25H33F2N7O2/c1-2-33-20(9-13-29-33)24(36)31-22(16-7-10-25(26,27)11-8-16)19-15-34-21(30-19)6-5-18(32-34)14-17-4-3-12-28-23(17)35/h5-6,9,13,16-17,19,22H,2-4,7-8,10-12,14-15H2,1H3,(H,28,35)(H,31,36)/t17?,19?,22-/m0/s1. The van der Waals surface area contributed by atoms with Gasteiger partial charge in [0.2, 0.25) is 11.8 Å². The van der Waals surface area contributed by atoms with Crippen molar-refractivity contribution in [1.29, 1.82) is 0 Å². The Kier molecular flexibility index (Phi) is 6.90. The Morgan fingerprint density at radius 2 is 2.08 bits per heavy atom. The Hall–Kier alpha value is -3.11. The summed E-state index contributed by atoms with van der Waals surface area (Å²) in [6.45, 7) is 3.63. The maximum atomic E-state index is 13.9. The third-order valence-electron chi connectivity index (χ3n) is 7.68. The molecule has 3 aliphatic heterocycles. The number of fused-ring (bicyclic) bond motifs is 1. The molecule has 0 radical (unpaired) electrons. The van der Waals surface area contributed by atoms with E-state index in [-0.39, 0.29) is 42.5 Å². The van der Waals surface area contributed by atoms with Crippen molar-refractivity contribution in [2.75, 3.05) is 13.1 Å². The quantitative estimate of drug-likeness (QED) is 0.600. The van der Waals surface area contributed by atoms with Gasteiger partial charge in [-0.2, -0.15) is 10.2 Å². The Bertz CT molecular complexity index is 1090. The summed E-state index contributed by atoms with van der Waals surface area (Å²) in [5.41, 5.74) is 1.26. The number of amides is 2. The van der Waals surface area contributed by atoms with E-state index in [9.17, 15) is 18.4 Å². The largest absolute Gasteiger partial charge is 0.356 e. The summed E-state index contributed by atoms with van der Waals surface area (Å²) in [6.07, 6.45) is 8.03. The topological polar surface area (TPSA) is 104 Å². The number of carbonyl (C=O) groups excluding carboxylic acids is 2. The van der Waals surface area contributed by atoms with Gasteiger partial charge in [0.25, 0.3) is 5.91 Å². The fraction of sp³-hybridized carbons (Fsp3) is 0.640. The zero-order valence-corrected chi connectivity index (χ0v) is 20.5. The van der Waals surface area contributed by atoms with Crippen LogP contribution in [0.2, 0.25) is 0 Å². The summed E-state index contributed by atoms with van der Waals surface area (Å²) in [5.74, 6) is -2.36. The molecule has 3 atom stereocenters. The molecule has 1 saturated carbocycles. The second kappa shape index (κ2) is 10.1. The third-order valence-corrected chi connectivity index (χ3v) is 7.68. The van der Waals surface area contributed by atoms with Crippen LogP contribution in [0.15, 0.2) is 34.5 Å². The maximum Gasteiger partial charge on any atom is 0.269 e. The highest BCUT2D eigenvalue weighted by Gasteiger charge is 2.43. The Morgan fingerprint density at radius 3 is 2.83 bits per heavy atom. The van der Waals surface area contributed by atoms with Gasteiger partial charge in [-0.15, -0.1) is 0 Å². The molecule has 2 unspecified atom stereocenters. The molecule has 0 spiro atoms. The fourth-order valence-corrected chi connectivity index (χ4v) is 5.67. The van der Waals surface area contributed by atoms with Crippen LogP contribution in [-0.4, -0.2) is 69.2 Å². The van der Waals surface area contributed by atoms with E-state index in [0.29, 0.717) is 43.9 Å². The molecule has 1 aromatic heterocycles. The van der Waals surface area contributed by atoms with Gasteiger partial charge in [-0.05, 0) is 56.7 Å². The molecule has 9 nitrogen and oxygen atoms in total. The van der Waals surface area contributed by atoms with Crippen LogP contribution in [0.4, 0.5) is 8.78 Å². The van der Waals surface area contributed by atoms with Crippen molar-refractivity contribution in [2.45, 2.75) is 76.4 Å². The van der Waals surface area contributed by atoms with Crippen molar-refractivity contribution in [2.24, 2.45) is 21.9 Å². The maximum absolute atomic E-state index is 13.9. The van der Waals surface area contributed by atoms with Gasteiger partial charge in [-0.25, -0.2) is 13.8 Å². The van der Waals surface area contributed by atoms with Gasteiger partial charge in [0.15, 0.2) is 0 Å². The normalized spacial score (nSPS) is 26.6. The summed E-state index contributed by atoms with van der Waals surface area (Å²) < 4.78 is 29.5. The van der Waals surface area contributed by atoms with Crippen molar-refractivity contribution in [3.8, 4) is 0 Å². The number of hydrazone groups is 1. The number of aryl methyl sites for hydroxylation is 1. The first-order valence-corrected chi connectivity index (χ1v) is 12.9. The Morgan fingerprint density at radius 1 is 1.28 bits per heavy atom. The van der Waals surface area contributed by atoms with Crippen LogP contribution < -0.4 is 10.6 Å². The van der Waals surface area contributed by atoms with Crippen LogP contribution in [0.25, 0.3) is 0 Å². The predicted octanol–water partition coefficient (Wildman–Crippen LogP) is 2.75. The van der Waals surface area contributed by atoms with E-state index in [1.165, 1.54) is 0 Å². The van der Waals surface area contributed by atoms with Crippen LogP contribution in [0.3, 0.4) is 0 Å². The van der Waals surface area contributed by atoms with Crippen LogP contribution in [0.5, 0.6) is 0 Å². The minimum atomic E-state index is -2.65. The molecular weight excluding hydrogens is 468 g/mol. The van der Waals surface area contributed by atoms with Crippen molar-refractivity contribution in [1.82, 2.24) is 25.4 Å². The van der Waals surface area contributed by atoms with Crippen molar-refractivity contribution >= 4 is 23.4 Å². The smallest absolute Gasteiger partial charge is 0.269 e. The molecule has 1 aliphatic carbocycles. The fourth-order valence-electron chi connectivity index (χ4n) is 5.67. The molecular formula is C25H33F2N7O2. The lowest BCUT2D eigenvalue weighted by Gasteiger charge is -2.36. The van der Waals surface area contributed by atoms with E-state index in [2.05, 4.69) is 15.7 Å². The highest BCUT2D eigenvalue weighted by molar-refractivity contribution is 6.07. The van der Waals surface area contributed by atoms with Crippen LogP contribution in [0.1, 0.15) is 62.4 Å². The number of hydrogen-bond donors (Lipinski definition) is 2. The first-order valence-electron chi connectivity index (χ1n) is 12.9. The second-order valence-electron chi connectivity index (χ2n) is 10.1. The third kappa shape index (κ3) is 5.19. The lowest BCUT2D eigenvalue weighted by atomic mass is 9.79. The van der Waals surface area contributed by atoms with Gasteiger partial charge < -0.3 is 10.6 Å². The number of carbonyl (C=O) groups is 2. The van der Waals surface area contributed by atoms with Gasteiger partial charge in [-0.3, -0.25) is 19.3 Å². The van der Waals surface area contributed by atoms with Crippen LogP contribution in [0, 0.1) is 11.8 Å². The number of aliphatic imine (C=N–C) groups is 1. The molecule has 11 heteroatoms. The zero-order valence-electron chi connectivity index (χ0n) is 20.5. The van der Waals surface area contributed by atoms with E-state index in [0.717, 1.165) is 25.1 Å². The number of nitrogens with one attached hydrogen (secondary N) is 2. The first kappa shape index (κ1) is 24.6. The lowest BCUT2D eigenvalue weighted by molar-refractivity contribution is -0.126. The molecule has 2 fully saturated rings. The number of allylic oxidation sites excluding steroid dienone is 1. The number of piperidine rings is 1. The summed E-state index contributed by atoms with van der Waals surface area (Å²) in [5, 5.41) is 16.8. The molecule has 5 rings (SSSR count). The number of halogens is 2. The number of amidine groups is 1. The summed E-state index contributed by atoms with van der Waals surface area (Å²) in [7, 11) is 0. The van der Waals surface area contributed by atoms with Crippen molar-refractivity contribution in [3.63, 3.8) is 0 Å². The number of hydrogen-bond acceptors (Lipinski definition) is 6. The molecule has 4 heterocycles. The molecule has 4 aliphatic rings. The molecule has 0 bridgehead atoms. The number of nitrogens with zero attached hydrogens (tertiary/aromatic N) is 5. The van der Waals surface area contributed by atoms with Gasteiger partial charge >= 0.3 is 0 Å². The van der Waals surface area contributed by atoms with Crippen LogP contribution in [-0.2, 0) is 11.3 Å². The van der Waals surface area contributed by atoms with Crippen molar-refractivity contribution < 1.29 is 18.4 Å². The average molecular weight is 502 g/mol. The second-order valence-corrected chi connectivity index (χ2v) is 10.1. The predicted molar refractivity (Wildman–Crippen MR) is 131 cm³/mol. The van der Waals surface area contributed by atoms with E-state index < -0.39 is 12.0 Å². The van der Waals surface area contributed by atoms with Gasteiger partial charge in [-0.1, -0.05) is 0 Å². The van der Waals surface area contributed by atoms with Crippen LogP contribution >= 0.6 is 0 Å². The molecule has 2 amide bonds. The molecule has 2 N–H and O–H groups in total. The zero-order chi connectivity index (χ0) is 25.3. The van der Waals surface area contributed by atoms with E-state index in [4.69, 9.17) is 10.1 Å². The molecule has 0 aromatic carbocycles. The van der Waals surface area contributed by atoms with Gasteiger partial charge in [0.1, 0.15) is 11.5 Å². The highest BCUT2D eigenvalue weighted by atomic mass is 19.3. The number of rotatable bonds is 7. The number of alkyl halides is 2. The summed E-state index contributed by atoms with van der Waals surface area (Å²) in [6, 6.07) is 0.947. The molecule has 36 heavy (non-hydrogen) atoms. The highest BCUT2D eigenvalue weighted by Crippen LogP contribution is 2.39. The lowest BCUT2D eigenvalue weighted by Crippen LogP contribution is -2.50. The van der Waals surface area contributed by atoms with E-state index in [1.54, 1.807) is 16.9 Å². The monoisotopic (exact) mass is 501 g/mol. The minimum Gasteiger partial charge on any atom is -0.356 e. The van der Waals surface area contributed by atoms with E-state index in [1.807, 2.05) is 24.1 Å². The van der Waals surface area contributed by atoms with Crippen molar-refractivity contribution in [3.05, 3.63) is 30.1 Å². The Balaban J connectivity index is 1.32.